The number of hydrogen-bond acceptors (Lipinski definition) is 2. The maximum atomic E-state index is 12.6. The number of carbonyl (C=O) groups excluding carboxylic acids is 1. The maximum absolute atomic E-state index is 12.6. The lowest BCUT2D eigenvalue weighted by molar-refractivity contribution is 0.0532. The molecule has 1 fully saturated rings. The number of rotatable bonds is 1. The molecule has 1 atom stereocenters. The van der Waals surface area contributed by atoms with Crippen LogP contribution in [-0.2, 0) is 0 Å². The first kappa shape index (κ1) is 14.4. The summed E-state index contributed by atoms with van der Waals surface area (Å²) in [4.78, 5) is 14.5. The monoisotopic (exact) mass is 280 g/mol. The van der Waals surface area contributed by atoms with E-state index in [9.17, 15) is 4.79 Å². The number of hydrogen-bond donors (Lipinski definition) is 1. The minimum absolute atomic E-state index is 0.0335. The quantitative estimate of drug-likeness (QED) is 0.860. The van der Waals surface area contributed by atoms with Gasteiger partial charge in [-0.3, -0.25) is 4.79 Å². The largest absolute Gasteiger partial charge is 0.338 e. The van der Waals surface area contributed by atoms with E-state index < -0.39 is 0 Å². The van der Waals surface area contributed by atoms with Crippen LogP contribution in [-0.4, -0.2) is 29.9 Å². The third-order valence-corrected chi connectivity index (χ3v) is 4.25. The summed E-state index contributed by atoms with van der Waals surface area (Å²) in [5, 5.41) is 0.662. The van der Waals surface area contributed by atoms with Crippen LogP contribution in [0.2, 0.25) is 5.02 Å². The van der Waals surface area contributed by atoms with Crippen LogP contribution in [0, 0.1) is 12.3 Å². The molecule has 2 N–H and O–H groups in total. The molecule has 1 heterocycles. The summed E-state index contributed by atoms with van der Waals surface area (Å²) >= 11 is 5.93. The first-order valence-electron chi connectivity index (χ1n) is 6.62. The van der Waals surface area contributed by atoms with E-state index in [0.29, 0.717) is 11.6 Å². The standard InChI is InChI=1S/C15H21ClN2O/c1-10-8-11(16)4-5-12(10)14(19)18-7-6-13(17)15(2,3)9-18/h4-5,8,13H,6-7,9,17H2,1-3H3. The molecule has 19 heavy (non-hydrogen) atoms. The zero-order valence-corrected chi connectivity index (χ0v) is 12.5. The van der Waals surface area contributed by atoms with Gasteiger partial charge >= 0.3 is 0 Å². The molecule has 1 aliphatic heterocycles. The summed E-state index contributed by atoms with van der Waals surface area (Å²) in [6.07, 6.45) is 0.853. The van der Waals surface area contributed by atoms with Gasteiger partial charge in [0, 0.05) is 29.7 Å². The smallest absolute Gasteiger partial charge is 0.254 e. The summed E-state index contributed by atoms with van der Waals surface area (Å²) in [7, 11) is 0. The van der Waals surface area contributed by atoms with Gasteiger partial charge in [-0.2, -0.15) is 0 Å². The van der Waals surface area contributed by atoms with Crippen molar-refractivity contribution in [2.24, 2.45) is 11.1 Å². The van der Waals surface area contributed by atoms with Gasteiger partial charge in [-0.05, 0) is 42.5 Å². The highest BCUT2D eigenvalue weighted by molar-refractivity contribution is 6.30. The molecule has 4 heteroatoms. The zero-order valence-electron chi connectivity index (χ0n) is 11.7. The minimum Gasteiger partial charge on any atom is -0.338 e. The van der Waals surface area contributed by atoms with Gasteiger partial charge in [0.15, 0.2) is 0 Å². The highest BCUT2D eigenvalue weighted by atomic mass is 35.5. The number of aryl methyl sites for hydroxylation is 1. The van der Waals surface area contributed by atoms with Crippen molar-refractivity contribution in [1.82, 2.24) is 4.90 Å². The summed E-state index contributed by atoms with van der Waals surface area (Å²) in [5.74, 6) is 0.0779. The average Bonchev–Trinajstić information content (AvgIpc) is 2.32. The van der Waals surface area contributed by atoms with Crippen LogP contribution in [0.4, 0.5) is 0 Å². The highest BCUT2D eigenvalue weighted by Gasteiger charge is 2.35. The second-order valence-corrected chi connectivity index (χ2v) is 6.51. The average molecular weight is 281 g/mol. The Hall–Kier alpha value is -1.06. The van der Waals surface area contributed by atoms with Gasteiger partial charge in [-0.25, -0.2) is 0 Å². The topological polar surface area (TPSA) is 46.3 Å². The number of halogens is 1. The van der Waals surface area contributed by atoms with E-state index in [1.165, 1.54) is 0 Å². The van der Waals surface area contributed by atoms with Crippen molar-refractivity contribution in [3.8, 4) is 0 Å². The molecule has 0 saturated carbocycles. The lowest BCUT2D eigenvalue weighted by Crippen LogP contribution is -2.54. The molecule has 1 aliphatic rings. The Bertz CT molecular complexity index is 499. The van der Waals surface area contributed by atoms with E-state index in [-0.39, 0.29) is 17.4 Å². The molecule has 1 aromatic carbocycles. The van der Waals surface area contributed by atoms with Gasteiger partial charge in [0.05, 0.1) is 0 Å². The number of benzene rings is 1. The molecule has 1 aromatic rings. The molecule has 0 aromatic heterocycles. The molecular formula is C15H21ClN2O. The van der Waals surface area contributed by atoms with Crippen molar-refractivity contribution in [2.75, 3.05) is 13.1 Å². The summed E-state index contributed by atoms with van der Waals surface area (Å²) in [6, 6.07) is 5.56. The van der Waals surface area contributed by atoms with Gasteiger partial charge < -0.3 is 10.6 Å². The molecule has 0 aliphatic carbocycles. The van der Waals surface area contributed by atoms with E-state index in [4.69, 9.17) is 17.3 Å². The van der Waals surface area contributed by atoms with Gasteiger partial charge in [0.1, 0.15) is 0 Å². The maximum Gasteiger partial charge on any atom is 0.254 e. The number of amides is 1. The predicted octanol–water partition coefficient (Wildman–Crippen LogP) is 2.85. The van der Waals surface area contributed by atoms with Gasteiger partial charge in [0.25, 0.3) is 5.91 Å². The summed E-state index contributed by atoms with van der Waals surface area (Å²) in [6.45, 7) is 7.58. The summed E-state index contributed by atoms with van der Waals surface area (Å²) in [5.41, 5.74) is 7.73. The van der Waals surface area contributed by atoms with Crippen LogP contribution in [0.25, 0.3) is 0 Å². The summed E-state index contributed by atoms with van der Waals surface area (Å²) < 4.78 is 0. The fourth-order valence-electron chi connectivity index (χ4n) is 2.58. The number of piperidine rings is 1. The molecular weight excluding hydrogens is 260 g/mol. The molecule has 2 rings (SSSR count). The molecule has 0 spiro atoms. The van der Waals surface area contributed by atoms with Gasteiger partial charge in [0.2, 0.25) is 0 Å². The Balaban J connectivity index is 2.21. The van der Waals surface area contributed by atoms with Crippen molar-refractivity contribution in [3.63, 3.8) is 0 Å². The van der Waals surface area contributed by atoms with Crippen LogP contribution in [0.1, 0.15) is 36.2 Å². The first-order chi connectivity index (χ1) is 8.81. The normalized spacial score (nSPS) is 22.4. The van der Waals surface area contributed by atoms with E-state index >= 15 is 0 Å². The Morgan fingerprint density at radius 3 is 2.74 bits per heavy atom. The Morgan fingerprint density at radius 1 is 1.47 bits per heavy atom. The lowest BCUT2D eigenvalue weighted by Gasteiger charge is -2.42. The number of nitrogens with zero attached hydrogens (tertiary/aromatic N) is 1. The third kappa shape index (κ3) is 2.93. The highest BCUT2D eigenvalue weighted by Crippen LogP contribution is 2.29. The van der Waals surface area contributed by atoms with Crippen molar-refractivity contribution in [2.45, 2.75) is 33.2 Å². The molecule has 0 radical (unpaired) electrons. The molecule has 3 nitrogen and oxygen atoms in total. The van der Waals surface area contributed by atoms with Gasteiger partial charge in [-0.15, -0.1) is 0 Å². The van der Waals surface area contributed by atoms with Crippen molar-refractivity contribution in [3.05, 3.63) is 34.3 Å². The van der Waals surface area contributed by atoms with Crippen LogP contribution < -0.4 is 5.73 Å². The van der Waals surface area contributed by atoms with Crippen molar-refractivity contribution in [1.29, 1.82) is 0 Å². The van der Waals surface area contributed by atoms with Crippen molar-refractivity contribution < 1.29 is 4.79 Å². The van der Waals surface area contributed by atoms with E-state index in [1.54, 1.807) is 6.07 Å². The Morgan fingerprint density at radius 2 is 2.16 bits per heavy atom. The zero-order chi connectivity index (χ0) is 14.2. The molecule has 1 amide bonds. The van der Waals surface area contributed by atoms with Crippen molar-refractivity contribution >= 4 is 17.5 Å². The Labute approximate surface area is 119 Å². The number of carbonyl (C=O) groups is 1. The lowest BCUT2D eigenvalue weighted by atomic mass is 9.79. The molecule has 0 bridgehead atoms. The SMILES string of the molecule is Cc1cc(Cl)ccc1C(=O)N1CCC(N)C(C)(C)C1. The predicted molar refractivity (Wildman–Crippen MR) is 78.5 cm³/mol. The van der Waals surface area contributed by atoms with Crippen LogP contribution in [0.15, 0.2) is 18.2 Å². The van der Waals surface area contributed by atoms with E-state index in [1.807, 2.05) is 24.0 Å². The van der Waals surface area contributed by atoms with E-state index in [2.05, 4.69) is 13.8 Å². The molecule has 1 saturated heterocycles. The second kappa shape index (κ2) is 5.14. The molecule has 1 unspecified atom stereocenters. The minimum atomic E-state index is -0.0335. The third-order valence-electron chi connectivity index (χ3n) is 4.02. The van der Waals surface area contributed by atoms with Crippen LogP contribution >= 0.6 is 11.6 Å². The second-order valence-electron chi connectivity index (χ2n) is 6.07. The molecule has 104 valence electrons. The first-order valence-corrected chi connectivity index (χ1v) is 7.00. The van der Waals surface area contributed by atoms with Crippen LogP contribution in [0.5, 0.6) is 0 Å². The van der Waals surface area contributed by atoms with Gasteiger partial charge in [-0.1, -0.05) is 25.4 Å². The fraction of sp³-hybridized carbons (Fsp3) is 0.533. The number of nitrogens with two attached hydrogens (primary N) is 1. The fourth-order valence-corrected chi connectivity index (χ4v) is 2.81. The van der Waals surface area contributed by atoms with E-state index in [0.717, 1.165) is 24.1 Å². The Kier molecular flexibility index (Phi) is 3.88. The van der Waals surface area contributed by atoms with Crippen LogP contribution in [0.3, 0.4) is 0 Å². The number of likely N-dealkylation sites (tertiary alicyclic amines) is 1.